The predicted molar refractivity (Wildman–Crippen MR) is 70.9 cm³/mol. The van der Waals surface area contributed by atoms with Crippen LogP contribution in [0.25, 0.3) is 0 Å². The molecule has 0 aromatic carbocycles. The Balaban J connectivity index is 2.53. The van der Waals surface area contributed by atoms with E-state index in [1.54, 1.807) is 6.33 Å². The van der Waals surface area contributed by atoms with E-state index in [9.17, 15) is 0 Å². The number of hydrogen-bond acceptors (Lipinski definition) is 3. The Morgan fingerprint density at radius 3 is 2.59 bits per heavy atom. The maximum atomic E-state index is 4.37. The Morgan fingerprint density at radius 1 is 1.29 bits per heavy atom. The molecular weight excluding hydrogens is 212 g/mol. The number of aromatic nitrogens is 3. The molecule has 2 unspecified atom stereocenters. The zero-order valence-corrected chi connectivity index (χ0v) is 11.8. The van der Waals surface area contributed by atoms with Crippen LogP contribution in [0.2, 0.25) is 0 Å². The van der Waals surface area contributed by atoms with Gasteiger partial charge in [-0.1, -0.05) is 20.8 Å². The van der Waals surface area contributed by atoms with Gasteiger partial charge in [-0.15, -0.1) is 0 Å². The molecule has 0 fully saturated rings. The fourth-order valence-electron chi connectivity index (χ4n) is 2.06. The molecule has 0 bridgehead atoms. The Bertz CT molecular complexity index is 319. The van der Waals surface area contributed by atoms with E-state index in [4.69, 9.17) is 0 Å². The molecule has 98 valence electrons. The lowest BCUT2D eigenvalue weighted by molar-refractivity contribution is 0.408. The van der Waals surface area contributed by atoms with E-state index in [-0.39, 0.29) is 0 Å². The van der Waals surface area contributed by atoms with Crippen LogP contribution in [-0.2, 0) is 13.0 Å². The fraction of sp³-hybridized carbons (Fsp3) is 0.846. The van der Waals surface area contributed by atoms with Crippen molar-refractivity contribution in [3.63, 3.8) is 0 Å². The number of rotatable bonds is 7. The van der Waals surface area contributed by atoms with Crippen molar-refractivity contribution in [2.24, 2.45) is 11.8 Å². The summed E-state index contributed by atoms with van der Waals surface area (Å²) < 4.78 is 2.05. The number of nitrogens with one attached hydrogen (secondary N) is 1. The van der Waals surface area contributed by atoms with Crippen molar-refractivity contribution in [3.8, 4) is 0 Å². The summed E-state index contributed by atoms with van der Waals surface area (Å²) in [5, 5.41) is 7.58. The van der Waals surface area contributed by atoms with Gasteiger partial charge in [-0.3, -0.25) is 0 Å². The molecule has 0 aliphatic heterocycles. The number of hydrogen-bond donors (Lipinski definition) is 1. The highest BCUT2D eigenvalue weighted by atomic mass is 15.3. The quantitative estimate of drug-likeness (QED) is 0.791. The summed E-state index contributed by atoms with van der Waals surface area (Å²) in [7, 11) is 2.01. The topological polar surface area (TPSA) is 42.7 Å². The molecule has 0 saturated heterocycles. The van der Waals surface area contributed by atoms with Gasteiger partial charge >= 0.3 is 0 Å². The SMILES string of the molecule is CNC(C)CC(C)Cc1ncnn1CC(C)C. The Kier molecular flexibility index (Phi) is 5.62. The molecule has 1 rings (SSSR count). The van der Waals surface area contributed by atoms with Crippen molar-refractivity contribution in [3.05, 3.63) is 12.2 Å². The molecule has 4 nitrogen and oxygen atoms in total. The summed E-state index contributed by atoms with van der Waals surface area (Å²) in [4.78, 5) is 4.37. The van der Waals surface area contributed by atoms with E-state index in [0.29, 0.717) is 17.9 Å². The lowest BCUT2D eigenvalue weighted by Gasteiger charge is -2.17. The average Bonchev–Trinajstić information content (AvgIpc) is 2.64. The lowest BCUT2D eigenvalue weighted by atomic mass is 9.99. The molecule has 17 heavy (non-hydrogen) atoms. The molecular formula is C13H26N4. The molecule has 1 aromatic rings. The molecule has 4 heteroatoms. The zero-order chi connectivity index (χ0) is 12.8. The zero-order valence-electron chi connectivity index (χ0n) is 11.8. The lowest BCUT2D eigenvalue weighted by Crippen LogP contribution is -2.24. The van der Waals surface area contributed by atoms with E-state index in [0.717, 1.165) is 18.8 Å². The van der Waals surface area contributed by atoms with Crippen LogP contribution in [0.1, 0.15) is 39.9 Å². The normalized spacial score (nSPS) is 15.2. The van der Waals surface area contributed by atoms with Gasteiger partial charge < -0.3 is 5.32 Å². The molecule has 0 saturated carbocycles. The first kappa shape index (κ1) is 14.2. The molecule has 0 spiro atoms. The smallest absolute Gasteiger partial charge is 0.138 e. The Morgan fingerprint density at radius 2 is 2.00 bits per heavy atom. The monoisotopic (exact) mass is 238 g/mol. The van der Waals surface area contributed by atoms with E-state index in [2.05, 4.69) is 43.1 Å². The first-order chi connectivity index (χ1) is 8.02. The largest absolute Gasteiger partial charge is 0.317 e. The van der Waals surface area contributed by atoms with Crippen LogP contribution < -0.4 is 5.32 Å². The fourth-order valence-corrected chi connectivity index (χ4v) is 2.06. The second-order valence-corrected chi connectivity index (χ2v) is 5.49. The van der Waals surface area contributed by atoms with Crippen LogP contribution >= 0.6 is 0 Å². The van der Waals surface area contributed by atoms with Crippen molar-refractivity contribution in [2.75, 3.05) is 7.05 Å². The third kappa shape index (κ3) is 4.86. The summed E-state index contributed by atoms with van der Waals surface area (Å²) in [6.07, 6.45) is 3.86. The van der Waals surface area contributed by atoms with Gasteiger partial charge in [-0.05, 0) is 32.2 Å². The molecule has 2 atom stereocenters. The van der Waals surface area contributed by atoms with Crippen LogP contribution in [0.4, 0.5) is 0 Å². The summed E-state index contributed by atoms with van der Waals surface area (Å²) in [6.45, 7) is 9.87. The average molecular weight is 238 g/mol. The van der Waals surface area contributed by atoms with Crippen LogP contribution in [0, 0.1) is 11.8 Å². The van der Waals surface area contributed by atoms with Gasteiger partial charge in [0.05, 0.1) is 0 Å². The van der Waals surface area contributed by atoms with E-state index in [1.807, 2.05) is 11.7 Å². The van der Waals surface area contributed by atoms with Crippen molar-refractivity contribution in [2.45, 2.75) is 53.1 Å². The highest BCUT2D eigenvalue weighted by Crippen LogP contribution is 2.12. The standard InChI is InChI=1S/C13H26N4/c1-10(2)8-17-13(15-9-16-17)7-11(3)6-12(4)14-5/h9-12,14H,6-8H2,1-5H3. The summed E-state index contributed by atoms with van der Waals surface area (Å²) in [6, 6.07) is 0.562. The maximum Gasteiger partial charge on any atom is 0.138 e. The van der Waals surface area contributed by atoms with Crippen LogP contribution in [0.15, 0.2) is 6.33 Å². The van der Waals surface area contributed by atoms with E-state index in [1.165, 1.54) is 6.42 Å². The van der Waals surface area contributed by atoms with Gasteiger partial charge in [0.25, 0.3) is 0 Å². The summed E-state index contributed by atoms with van der Waals surface area (Å²) in [5.74, 6) is 2.36. The van der Waals surface area contributed by atoms with Gasteiger partial charge in [-0.25, -0.2) is 9.67 Å². The molecule has 1 heterocycles. The van der Waals surface area contributed by atoms with Crippen molar-refractivity contribution < 1.29 is 0 Å². The number of nitrogens with zero attached hydrogens (tertiary/aromatic N) is 3. The van der Waals surface area contributed by atoms with Gasteiger partial charge in [-0.2, -0.15) is 5.10 Å². The molecule has 0 aliphatic carbocycles. The first-order valence-corrected chi connectivity index (χ1v) is 6.56. The second-order valence-electron chi connectivity index (χ2n) is 5.49. The second kappa shape index (κ2) is 6.74. The van der Waals surface area contributed by atoms with E-state index < -0.39 is 0 Å². The summed E-state index contributed by atoms with van der Waals surface area (Å²) in [5.41, 5.74) is 0. The minimum absolute atomic E-state index is 0.562. The Labute approximate surface area is 105 Å². The first-order valence-electron chi connectivity index (χ1n) is 6.56. The van der Waals surface area contributed by atoms with Crippen LogP contribution in [0.3, 0.4) is 0 Å². The highest BCUT2D eigenvalue weighted by molar-refractivity contribution is 4.87. The molecule has 0 radical (unpaired) electrons. The van der Waals surface area contributed by atoms with Crippen LogP contribution in [-0.4, -0.2) is 27.9 Å². The third-order valence-electron chi connectivity index (χ3n) is 3.01. The molecule has 1 N–H and O–H groups in total. The predicted octanol–water partition coefficient (Wildman–Crippen LogP) is 2.11. The molecule has 0 aliphatic rings. The van der Waals surface area contributed by atoms with Gasteiger partial charge in [0, 0.05) is 19.0 Å². The maximum absolute atomic E-state index is 4.37. The highest BCUT2D eigenvalue weighted by Gasteiger charge is 2.12. The minimum Gasteiger partial charge on any atom is -0.317 e. The molecule has 0 amide bonds. The minimum atomic E-state index is 0.562. The van der Waals surface area contributed by atoms with Gasteiger partial charge in [0.1, 0.15) is 12.2 Å². The molecule has 1 aromatic heterocycles. The summed E-state index contributed by atoms with van der Waals surface area (Å²) >= 11 is 0. The van der Waals surface area contributed by atoms with Crippen molar-refractivity contribution in [1.29, 1.82) is 0 Å². The van der Waals surface area contributed by atoms with Gasteiger partial charge in [0.15, 0.2) is 0 Å². The van der Waals surface area contributed by atoms with Gasteiger partial charge in [0.2, 0.25) is 0 Å². The van der Waals surface area contributed by atoms with Crippen molar-refractivity contribution >= 4 is 0 Å². The van der Waals surface area contributed by atoms with Crippen molar-refractivity contribution in [1.82, 2.24) is 20.1 Å². The third-order valence-corrected chi connectivity index (χ3v) is 3.01. The van der Waals surface area contributed by atoms with Crippen LogP contribution in [0.5, 0.6) is 0 Å². The Hall–Kier alpha value is -0.900. The van der Waals surface area contributed by atoms with E-state index >= 15 is 0 Å².